The lowest BCUT2D eigenvalue weighted by atomic mass is 9.76. The third-order valence-electron chi connectivity index (χ3n) is 2.98. The first kappa shape index (κ1) is 12.6. The number of urea groups is 1. The van der Waals surface area contributed by atoms with E-state index in [0.717, 1.165) is 0 Å². The predicted molar refractivity (Wildman–Crippen MR) is 55.3 cm³/mol. The lowest BCUT2D eigenvalue weighted by Gasteiger charge is -2.34. The topological polar surface area (TPSA) is 95.5 Å². The Labute approximate surface area is 93.4 Å². The smallest absolute Gasteiger partial charge is 0.328 e. The summed E-state index contributed by atoms with van der Waals surface area (Å²) in [6.07, 6.45) is 0.000547. The van der Waals surface area contributed by atoms with Gasteiger partial charge in [-0.25, -0.2) is 4.79 Å². The molecule has 0 saturated carbocycles. The minimum Gasteiger partial charge on any atom is -0.393 e. The van der Waals surface area contributed by atoms with E-state index < -0.39 is 29.4 Å². The summed E-state index contributed by atoms with van der Waals surface area (Å²) in [5, 5.41) is 13.7. The lowest BCUT2D eigenvalue weighted by Crippen LogP contribution is -2.62. The van der Waals surface area contributed by atoms with Gasteiger partial charge >= 0.3 is 6.03 Å². The molecule has 1 atom stereocenters. The maximum atomic E-state index is 11.7. The molecule has 4 amide bonds. The second-order valence-electron chi connectivity index (χ2n) is 3.94. The van der Waals surface area contributed by atoms with Gasteiger partial charge in [-0.3, -0.25) is 20.2 Å². The summed E-state index contributed by atoms with van der Waals surface area (Å²) < 4.78 is 0. The molecule has 0 radical (unpaired) electrons. The number of carbonyl (C=O) groups excluding carboxylic acids is 3. The summed E-state index contributed by atoms with van der Waals surface area (Å²) in [7, 11) is 0. The molecule has 1 heterocycles. The number of imide groups is 2. The van der Waals surface area contributed by atoms with Crippen molar-refractivity contribution in [2.75, 3.05) is 0 Å². The highest BCUT2D eigenvalue weighted by atomic mass is 16.3. The van der Waals surface area contributed by atoms with Crippen molar-refractivity contribution < 1.29 is 19.5 Å². The van der Waals surface area contributed by atoms with Crippen molar-refractivity contribution >= 4 is 17.8 Å². The van der Waals surface area contributed by atoms with Crippen LogP contribution in [0.25, 0.3) is 0 Å². The van der Waals surface area contributed by atoms with Crippen molar-refractivity contribution in [1.82, 2.24) is 10.6 Å². The van der Waals surface area contributed by atoms with Crippen molar-refractivity contribution in [2.45, 2.75) is 39.2 Å². The van der Waals surface area contributed by atoms with Crippen LogP contribution in [0.2, 0.25) is 0 Å². The van der Waals surface area contributed by atoms with Gasteiger partial charge in [0.1, 0.15) is 5.41 Å². The van der Waals surface area contributed by atoms with Crippen LogP contribution >= 0.6 is 0 Å². The molecule has 0 aromatic rings. The van der Waals surface area contributed by atoms with Gasteiger partial charge in [0.25, 0.3) is 0 Å². The van der Waals surface area contributed by atoms with Crippen LogP contribution in [-0.4, -0.2) is 29.1 Å². The lowest BCUT2D eigenvalue weighted by molar-refractivity contribution is -0.147. The maximum Gasteiger partial charge on any atom is 0.328 e. The van der Waals surface area contributed by atoms with Crippen molar-refractivity contribution in [3.05, 3.63) is 0 Å². The van der Waals surface area contributed by atoms with E-state index in [1.165, 1.54) is 0 Å². The van der Waals surface area contributed by atoms with Gasteiger partial charge in [-0.15, -0.1) is 0 Å². The molecule has 90 valence electrons. The van der Waals surface area contributed by atoms with Crippen LogP contribution in [-0.2, 0) is 9.59 Å². The normalized spacial score (nSPS) is 21.3. The second-order valence-corrected chi connectivity index (χ2v) is 3.94. The zero-order chi connectivity index (χ0) is 12.3. The monoisotopic (exact) mass is 228 g/mol. The van der Waals surface area contributed by atoms with Gasteiger partial charge in [0.2, 0.25) is 11.8 Å². The Bertz CT molecular complexity index is 307. The summed E-state index contributed by atoms with van der Waals surface area (Å²) in [6, 6.07) is -0.801. The van der Waals surface area contributed by atoms with E-state index in [4.69, 9.17) is 0 Å². The van der Waals surface area contributed by atoms with Crippen molar-refractivity contribution in [3.8, 4) is 0 Å². The molecule has 0 aromatic heterocycles. The SMILES string of the molecule is CCC(O)CC1(CC)C(=O)NC(=O)NC1=O. The van der Waals surface area contributed by atoms with Crippen LogP contribution in [0.3, 0.4) is 0 Å². The Morgan fingerprint density at radius 1 is 1.19 bits per heavy atom. The van der Waals surface area contributed by atoms with Crippen LogP contribution < -0.4 is 10.6 Å². The van der Waals surface area contributed by atoms with Crippen LogP contribution in [0.1, 0.15) is 33.1 Å². The van der Waals surface area contributed by atoms with Gasteiger partial charge in [-0.1, -0.05) is 13.8 Å². The number of carbonyl (C=O) groups is 3. The van der Waals surface area contributed by atoms with Crippen LogP contribution in [0.15, 0.2) is 0 Å². The standard InChI is InChI=1S/C10H16N2O4/c1-3-6(13)5-10(4-2)7(14)11-9(16)12-8(10)15/h6,13H,3-5H2,1-2H3,(H2,11,12,14,15,16). The number of rotatable bonds is 4. The zero-order valence-electron chi connectivity index (χ0n) is 9.37. The second kappa shape index (κ2) is 4.61. The molecule has 3 N–H and O–H groups in total. The molecular formula is C10H16N2O4. The average Bonchev–Trinajstić information content (AvgIpc) is 2.23. The van der Waals surface area contributed by atoms with E-state index in [-0.39, 0.29) is 12.8 Å². The molecule has 6 heteroatoms. The molecule has 1 unspecified atom stereocenters. The van der Waals surface area contributed by atoms with Gasteiger partial charge in [0.05, 0.1) is 6.10 Å². The summed E-state index contributed by atoms with van der Waals surface area (Å²) in [6.45, 7) is 3.44. The highest BCUT2D eigenvalue weighted by Crippen LogP contribution is 2.31. The van der Waals surface area contributed by atoms with E-state index >= 15 is 0 Å². The van der Waals surface area contributed by atoms with E-state index in [9.17, 15) is 19.5 Å². The quantitative estimate of drug-likeness (QED) is 0.586. The Hall–Kier alpha value is -1.43. The number of hydrogen-bond donors (Lipinski definition) is 3. The molecule has 0 aromatic carbocycles. The zero-order valence-corrected chi connectivity index (χ0v) is 9.37. The molecule has 1 aliphatic rings. The number of nitrogens with one attached hydrogen (secondary N) is 2. The molecule has 0 aliphatic carbocycles. The van der Waals surface area contributed by atoms with E-state index in [2.05, 4.69) is 10.6 Å². The van der Waals surface area contributed by atoms with E-state index in [1.807, 2.05) is 0 Å². The molecule has 1 aliphatic heterocycles. The summed E-state index contributed by atoms with van der Waals surface area (Å²) in [5.74, 6) is -1.26. The molecule has 0 bridgehead atoms. The van der Waals surface area contributed by atoms with Gasteiger partial charge in [0.15, 0.2) is 0 Å². The predicted octanol–water partition coefficient (Wildman–Crippen LogP) is -0.0902. The van der Waals surface area contributed by atoms with Crippen molar-refractivity contribution in [2.24, 2.45) is 5.41 Å². The summed E-state index contributed by atoms with van der Waals surface area (Å²) in [5.41, 5.74) is -1.33. The number of amides is 4. The first-order chi connectivity index (χ1) is 7.46. The molecule has 16 heavy (non-hydrogen) atoms. The van der Waals surface area contributed by atoms with Gasteiger partial charge in [-0.05, 0) is 19.3 Å². The highest BCUT2D eigenvalue weighted by Gasteiger charge is 2.49. The Kier molecular flexibility index (Phi) is 3.64. The molecular weight excluding hydrogens is 212 g/mol. The number of hydrogen-bond acceptors (Lipinski definition) is 4. The number of barbiturate groups is 1. The highest BCUT2D eigenvalue weighted by molar-refractivity contribution is 6.19. The Morgan fingerprint density at radius 2 is 1.69 bits per heavy atom. The minimum absolute atomic E-state index is 0.0327. The third-order valence-corrected chi connectivity index (χ3v) is 2.98. The minimum atomic E-state index is -1.33. The van der Waals surface area contributed by atoms with Gasteiger partial charge < -0.3 is 5.11 Å². The Morgan fingerprint density at radius 3 is 2.06 bits per heavy atom. The van der Waals surface area contributed by atoms with Crippen LogP contribution in [0.5, 0.6) is 0 Å². The van der Waals surface area contributed by atoms with Gasteiger partial charge in [-0.2, -0.15) is 0 Å². The van der Waals surface area contributed by atoms with Crippen molar-refractivity contribution in [3.63, 3.8) is 0 Å². The van der Waals surface area contributed by atoms with Gasteiger partial charge in [0, 0.05) is 0 Å². The first-order valence-corrected chi connectivity index (χ1v) is 5.31. The molecule has 0 spiro atoms. The maximum absolute atomic E-state index is 11.7. The third kappa shape index (κ3) is 2.06. The Balaban J connectivity index is 2.96. The van der Waals surface area contributed by atoms with E-state index in [0.29, 0.717) is 6.42 Å². The van der Waals surface area contributed by atoms with Crippen LogP contribution in [0, 0.1) is 5.41 Å². The fraction of sp³-hybridized carbons (Fsp3) is 0.700. The molecule has 1 fully saturated rings. The summed E-state index contributed by atoms with van der Waals surface area (Å²) >= 11 is 0. The molecule has 1 rings (SSSR count). The first-order valence-electron chi connectivity index (χ1n) is 5.31. The van der Waals surface area contributed by atoms with Crippen LogP contribution in [0.4, 0.5) is 4.79 Å². The van der Waals surface area contributed by atoms with Crippen molar-refractivity contribution in [1.29, 1.82) is 0 Å². The largest absolute Gasteiger partial charge is 0.393 e. The number of aliphatic hydroxyl groups is 1. The fourth-order valence-corrected chi connectivity index (χ4v) is 1.78. The van der Waals surface area contributed by atoms with E-state index in [1.54, 1.807) is 13.8 Å². The molecule has 6 nitrogen and oxygen atoms in total. The average molecular weight is 228 g/mol. The summed E-state index contributed by atoms with van der Waals surface area (Å²) in [4.78, 5) is 34.3. The number of aliphatic hydroxyl groups excluding tert-OH is 1. The molecule has 1 saturated heterocycles. The fourth-order valence-electron chi connectivity index (χ4n) is 1.78.